The van der Waals surface area contributed by atoms with Crippen LogP contribution in [0.25, 0.3) is 0 Å². The fraction of sp³-hybridized carbons (Fsp3) is 0.375. The number of aryl methyl sites for hydroxylation is 1. The number of hydrogen-bond acceptors (Lipinski definition) is 3. The molecule has 23 heavy (non-hydrogen) atoms. The highest BCUT2D eigenvalue weighted by Gasteiger charge is 2.13. The Balaban J connectivity index is 1.77. The van der Waals surface area contributed by atoms with Gasteiger partial charge in [-0.3, -0.25) is 4.68 Å². The summed E-state index contributed by atoms with van der Waals surface area (Å²) in [4.78, 5) is 11.9. The predicted molar refractivity (Wildman–Crippen MR) is 84.6 cm³/mol. The molecule has 0 bridgehead atoms. The number of carbonyl (C=O) groups excluding carboxylic acids is 1. The fourth-order valence-electron chi connectivity index (χ4n) is 2.03. The van der Waals surface area contributed by atoms with Gasteiger partial charge in [0, 0.05) is 18.8 Å². The number of para-hydroxylation sites is 1. The molecule has 2 rings (SSSR count). The summed E-state index contributed by atoms with van der Waals surface area (Å²) in [6.45, 7) is 3.84. The van der Waals surface area contributed by atoms with Crippen LogP contribution in [-0.4, -0.2) is 28.5 Å². The van der Waals surface area contributed by atoms with Crippen LogP contribution in [0.3, 0.4) is 0 Å². The molecule has 1 heterocycles. The van der Waals surface area contributed by atoms with Crippen molar-refractivity contribution in [1.82, 2.24) is 20.4 Å². The number of amides is 2. The number of aromatic nitrogens is 2. The molecule has 7 heteroatoms. The van der Waals surface area contributed by atoms with Crippen LogP contribution in [0.2, 0.25) is 0 Å². The average Bonchev–Trinajstić information content (AvgIpc) is 2.93. The molecule has 0 unspecified atom stereocenters. The van der Waals surface area contributed by atoms with Crippen molar-refractivity contribution in [2.24, 2.45) is 7.05 Å². The lowest BCUT2D eigenvalue weighted by Crippen LogP contribution is -2.44. The number of urea groups is 1. The standard InChI is InChI=1S/C16H21FN4O2/c1-11(10-23-15-7-5-4-6-14(15)17)19-16(22)20-12(2)13-8-18-21(3)9-13/h4-9,11-12H,10H2,1-3H3,(H2,19,20,22)/t11-,12+/m1/s1. The molecule has 1 aromatic carbocycles. The maximum Gasteiger partial charge on any atom is 0.315 e. The number of ether oxygens (including phenoxy) is 1. The van der Waals surface area contributed by atoms with Crippen LogP contribution in [0.15, 0.2) is 36.7 Å². The van der Waals surface area contributed by atoms with Gasteiger partial charge in [0.1, 0.15) is 6.61 Å². The normalized spacial score (nSPS) is 13.2. The number of carbonyl (C=O) groups is 1. The fourth-order valence-corrected chi connectivity index (χ4v) is 2.03. The first-order chi connectivity index (χ1) is 11.0. The summed E-state index contributed by atoms with van der Waals surface area (Å²) in [5.74, 6) is -0.250. The number of nitrogens with zero attached hydrogens (tertiary/aromatic N) is 2. The number of nitrogens with one attached hydrogen (secondary N) is 2. The lowest BCUT2D eigenvalue weighted by molar-refractivity contribution is 0.222. The number of halogens is 1. The van der Waals surface area contributed by atoms with Crippen LogP contribution < -0.4 is 15.4 Å². The van der Waals surface area contributed by atoms with E-state index < -0.39 is 5.82 Å². The van der Waals surface area contributed by atoms with Crippen LogP contribution in [0.1, 0.15) is 25.5 Å². The number of hydrogen-bond donors (Lipinski definition) is 2. The first-order valence-electron chi connectivity index (χ1n) is 7.38. The van der Waals surface area contributed by atoms with Gasteiger partial charge in [-0.15, -0.1) is 0 Å². The molecular weight excluding hydrogens is 299 g/mol. The molecule has 0 aliphatic heterocycles. The third-order valence-corrected chi connectivity index (χ3v) is 3.28. The summed E-state index contributed by atoms with van der Waals surface area (Å²) >= 11 is 0. The van der Waals surface area contributed by atoms with Gasteiger partial charge in [-0.05, 0) is 26.0 Å². The van der Waals surface area contributed by atoms with Gasteiger partial charge < -0.3 is 15.4 Å². The predicted octanol–water partition coefficient (Wildman–Crippen LogP) is 2.39. The van der Waals surface area contributed by atoms with Crippen molar-refractivity contribution < 1.29 is 13.9 Å². The Labute approximate surface area is 134 Å². The van der Waals surface area contributed by atoms with Crippen LogP contribution in [-0.2, 0) is 7.05 Å². The van der Waals surface area contributed by atoms with Crippen LogP contribution in [0, 0.1) is 5.82 Å². The Kier molecular flexibility index (Phi) is 5.56. The summed E-state index contributed by atoms with van der Waals surface area (Å²) in [7, 11) is 1.82. The van der Waals surface area contributed by atoms with Gasteiger partial charge in [0.25, 0.3) is 0 Å². The van der Waals surface area contributed by atoms with E-state index in [1.165, 1.54) is 6.07 Å². The molecule has 124 valence electrons. The Morgan fingerprint density at radius 1 is 1.35 bits per heavy atom. The summed E-state index contributed by atoms with van der Waals surface area (Å²) in [6.07, 6.45) is 3.55. The molecule has 2 N–H and O–H groups in total. The second-order valence-electron chi connectivity index (χ2n) is 5.43. The first-order valence-corrected chi connectivity index (χ1v) is 7.38. The second-order valence-corrected chi connectivity index (χ2v) is 5.43. The van der Waals surface area contributed by atoms with Crippen molar-refractivity contribution in [3.05, 3.63) is 48.0 Å². The van der Waals surface area contributed by atoms with E-state index >= 15 is 0 Å². The van der Waals surface area contributed by atoms with E-state index in [0.717, 1.165) is 5.56 Å². The molecular formula is C16H21FN4O2. The third kappa shape index (κ3) is 4.98. The number of benzene rings is 1. The van der Waals surface area contributed by atoms with Crippen LogP contribution >= 0.6 is 0 Å². The molecule has 6 nitrogen and oxygen atoms in total. The Bertz CT molecular complexity index is 659. The van der Waals surface area contributed by atoms with Crippen molar-refractivity contribution in [2.45, 2.75) is 25.9 Å². The largest absolute Gasteiger partial charge is 0.488 e. The van der Waals surface area contributed by atoms with Crippen molar-refractivity contribution in [2.75, 3.05) is 6.61 Å². The third-order valence-electron chi connectivity index (χ3n) is 3.28. The van der Waals surface area contributed by atoms with Gasteiger partial charge in [-0.2, -0.15) is 5.10 Å². The summed E-state index contributed by atoms with van der Waals surface area (Å²) in [5, 5.41) is 9.64. The van der Waals surface area contributed by atoms with Gasteiger partial charge in [0.2, 0.25) is 0 Å². The second kappa shape index (κ2) is 7.62. The monoisotopic (exact) mass is 320 g/mol. The molecule has 0 aliphatic rings. The highest BCUT2D eigenvalue weighted by molar-refractivity contribution is 5.74. The summed E-state index contributed by atoms with van der Waals surface area (Å²) < 4.78 is 20.5. The van der Waals surface area contributed by atoms with Crippen molar-refractivity contribution >= 4 is 6.03 Å². The molecule has 2 atom stereocenters. The van der Waals surface area contributed by atoms with E-state index in [4.69, 9.17) is 4.74 Å². The van der Waals surface area contributed by atoms with Gasteiger partial charge >= 0.3 is 6.03 Å². The zero-order chi connectivity index (χ0) is 16.8. The lowest BCUT2D eigenvalue weighted by atomic mass is 10.2. The highest BCUT2D eigenvalue weighted by Crippen LogP contribution is 2.15. The lowest BCUT2D eigenvalue weighted by Gasteiger charge is -2.18. The minimum Gasteiger partial charge on any atom is -0.488 e. The molecule has 2 aromatic rings. The van der Waals surface area contributed by atoms with E-state index in [-0.39, 0.29) is 30.5 Å². The van der Waals surface area contributed by atoms with Gasteiger partial charge in [-0.25, -0.2) is 9.18 Å². The molecule has 0 radical (unpaired) electrons. The van der Waals surface area contributed by atoms with Gasteiger partial charge in [-0.1, -0.05) is 12.1 Å². The highest BCUT2D eigenvalue weighted by atomic mass is 19.1. The Morgan fingerprint density at radius 3 is 2.74 bits per heavy atom. The van der Waals surface area contributed by atoms with Gasteiger partial charge in [0.05, 0.1) is 18.3 Å². The van der Waals surface area contributed by atoms with Crippen molar-refractivity contribution in [3.63, 3.8) is 0 Å². The Morgan fingerprint density at radius 2 is 2.09 bits per heavy atom. The van der Waals surface area contributed by atoms with Crippen LogP contribution in [0.5, 0.6) is 5.75 Å². The van der Waals surface area contributed by atoms with E-state index in [0.29, 0.717) is 0 Å². The van der Waals surface area contributed by atoms with Crippen molar-refractivity contribution in [1.29, 1.82) is 0 Å². The topological polar surface area (TPSA) is 68.2 Å². The zero-order valence-corrected chi connectivity index (χ0v) is 13.4. The Hall–Kier alpha value is -2.57. The van der Waals surface area contributed by atoms with E-state index in [1.54, 1.807) is 36.0 Å². The molecule has 0 fully saturated rings. The maximum atomic E-state index is 13.4. The summed E-state index contributed by atoms with van der Waals surface area (Å²) in [6, 6.07) is 5.42. The van der Waals surface area contributed by atoms with E-state index in [2.05, 4.69) is 15.7 Å². The molecule has 0 spiro atoms. The molecule has 0 aliphatic carbocycles. The first kappa shape index (κ1) is 16.8. The van der Waals surface area contributed by atoms with E-state index in [1.807, 2.05) is 20.2 Å². The quantitative estimate of drug-likeness (QED) is 0.859. The smallest absolute Gasteiger partial charge is 0.315 e. The molecule has 1 aromatic heterocycles. The van der Waals surface area contributed by atoms with Crippen LogP contribution in [0.4, 0.5) is 9.18 Å². The SMILES string of the molecule is C[C@H](COc1ccccc1F)NC(=O)N[C@@H](C)c1cnn(C)c1. The van der Waals surface area contributed by atoms with E-state index in [9.17, 15) is 9.18 Å². The maximum absolute atomic E-state index is 13.4. The number of rotatable bonds is 6. The molecule has 0 saturated carbocycles. The molecule has 0 saturated heterocycles. The molecule has 2 amide bonds. The minimum absolute atomic E-state index is 0.164. The zero-order valence-electron chi connectivity index (χ0n) is 13.4. The summed E-state index contributed by atoms with van der Waals surface area (Å²) in [5.41, 5.74) is 0.915. The minimum atomic E-state index is -0.422. The van der Waals surface area contributed by atoms with Crippen molar-refractivity contribution in [3.8, 4) is 5.75 Å². The van der Waals surface area contributed by atoms with Gasteiger partial charge in [0.15, 0.2) is 11.6 Å². The average molecular weight is 320 g/mol.